The summed E-state index contributed by atoms with van der Waals surface area (Å²) in [6.45, 7) is 2.10. The minimum atomic E-state index is -0.458. The van der Waals surface area contributed by atoms with Crippen LogP contribution in [-0.2, 0) is 16.1 Å². The van der Waals surface area contributed by atoms with Crippen LogP contribution in [0.3, 0.4) is 0 Å². The zero-order valence-corrected chi connectivity index (χ0v) is 22.6. The molecule has 3 heterocycles. The van der Waals surface area contributed by atoms with Crippen LogP contribution in [0.5, 0.6) is 11.5 Å². The highest BCUT2D eigenvalue weighted by molar-refractivity contribution is 5.95. The van der Waals surface area contributed by atoms with Crippen LogP contribution < -0.4 is 25.0 Å². The Bertz CT molecular complexity index is 1500. The number of fused-ring (bicyclic) bond motifs is 1. The van der Waals surface area contributed by atoms with Gasteiger partial charge >= 0.3 is 6.09 Å². The van der Waals surface area contributed by atoms with Crippen LogP contribution in [0.15, 0.2) is 60.7 Å². The van der Waals surface area contributed by atoms with Gasteiger partial charge in [0.1, 0.15) is 24.3 Å². The lowest BCUT2D eigenvalue weighted by Gasteiger charge is -2.34. The van der Waals surface area contributed by atoms with Crippen LogP contribution >= 0.6 is 0 Å². The van der Waals surface area contributed by atoms with Crippen LogP contribution in [0.1, 0.15) is 31.2 Å². The van der Waals surface area contributed by atoms with Crippen molar-refractivity contribution in [3.63, 3.8) is 0 Å². The molecule has 6 rings (SSSR count). The Kier molecular flexibility index (Phi) is 7.44. The number of amides is 2. The molecule has 1 aliphatic carbocycles. The number of aromatic nitrogens is 1. The van der Waals surface area contributed by atoms with Crippen molar-refractivity contribution in [2.45, 2.75) is 38.3 Å². The van der Waals surface area contributed by atoms with E-state index in [1.165, 1.54) is 4.90 Å². The number of pyridine rings is 1. The fourth-order valence-electron chi connectivity index (χ4n) is 5.20. The minimum absolute atomic E-state index is 0.0496. The molecule has 2 aliphatic heterocycles. The smallest absolute Gasteiger partial charge is 0.415 e. The second-order valence-corrected chi connectivity index (χ2v) is 10.7. The summed E-state index contributed by atoms with van der Waals surface area (Å²) in [4.78, 5) is 29.9. The number of nitrogens with one attached hydrogen (secondary N) is 2. The molecule has 2 fully saturated rings. The lowest BCUT2D eigenvalue weighted by Crippen LogP contribution is -2.34. The number of cyclic esters (lactones) is 1. The Balaban J connectivity index is 0.994. The third-order valence-electron chi connectivity index (χ3n) is 7.74. The van der Waals surface area contributed by atoms with Crippen molar-refractivity contribution in [1.29, 1.82) is 5.26 Å². The van der Waals surface area contributed by atoms with E-state index in [9.17, 15) is 14.9 Å². The van der Waals surface area contributed by atoms with Gasteiger partial charge in [-0.2, -0.15) is 5.26 Å². The first-order valence-electron chi connectivity index (χ1n) is 13.9. The molecule has 3 aliphatic rings. The summed E-state index contributed by atoms with van der Waals surface area (Å²) in [6.07, 6.45) is 2.82. The van der Waals surface area contributed by atoms with Crippen molar-refractivity contribution in [3.05, 3.63) is 66.2 Å². The first-order chi connectivity index (χ1) is 20.0. The molecule has 3 aromatic rings. The van der Waals surface area contributed by atoms with E-state index in [0.29, 0.717) is 50.0 Å². The minimum Gasteiger partial charge on any atom is -0.492 e. The molecule has 1 saturated carbocycles. The monoisotopic (exact) mass is 553 g/mol. The van der Waals surface area contributed by atoms with Gasteiger partial charge in [-0.25, -0.2) is 9.78 Å². The van der Waals surface area contributed by atoms with Crippen LogP contribution in [0.25, 0.3) is 11.1 Å². The van der Waals surface area contributed by atoms with Crippen molar-refractivity contribution in [2.75, 3.05) is 36.5 Å². The number of benzene rings is 2. The van der Waals surface area contributed by atoms with Gasteiger partial charge in [-0.15, -0.1) is 0 Å². The van der Waals surface area contributed by atoms with E-state index >= 15 is 0 Å². The van der Waals surface area contributed by atoms with E-state index in [4.69, 9.17) is 14.2 Å². The molecule has 1 atom stereocenters. The summed E-state index contributed by atoms with van der Waals surface area (Å²) in [5.74, 6) is 1.69. The molecule has 0 bridgehead atoms. The molecular weight excluding hydrogens is 522 g/mol. The summed E-state index contributed by atoms with van der Waals surface area (Å²) in [5, 5.41) is 15.6. The number of ether oxygens (including phenoxy) is 3. The number of nitrogens with zero attached hydrogens (tertiary/aromatic N) is 3. The van der Waals surface area contributed by atoms with Crippen LogP contribution in [0.4, 0.5) is 16.4 Å². The summed E-state index contributed by atoms with van der Waals surface area (Å²) >= 11 is 0. The summed E-state index contributed by atoms with van der Waals surface area (Å²) < 4.78 is 16.9. The van der Waals surface area contributed by atoms with Crippen molar-refractivity contribution < 1.29 is 23.8 Å². The Morgan fingerprint density at radius 1 is 1.12 bits per heavy atom. The maximum atomic E-state index is 12.5. The zero-order valence-electron chi connectivity index (χ0n) is 22.6. The van der Waals surface area contributed by atoms with E-state index in [-0.39, 0.29) is 24.0 Å². The average molecular weight is 554 g/mol. The Morgan fingerprint density at radius 2 is 1.95 bits per heavy atom. The number of hydrogen-bond acceptors (Lipinski definition) is 8. The SMILES string of the molecule is N#CC1(COc2cccc(-c3cccc(CNCC[C@H]4CN(c5ccc6c(n5)NC(=O)CO6)C(=O)O4)c3)c2)CCC1. The normalized spacial score (nSPS) is 18.8. The highest BCUT2D eigenvalue weighted by Gasteiger charge is 2.38. The molecule has 1 saturated heterocycles. The predicted octanol–water partition coefficient (Wildman–Crippen LogP) is 4.66. The van der Waals surface area contributed by atoms with Crippen LogP contribution in [0, 0.1) is 16.7 Å². The largest absolute Gasteiger partial charge is 0.492 e. The quantitative estimate of drug-likeness (QED) is 0.347. The van der Waals surface area contributed by atoms with Gasteiger partial charge in [0.05, 0.1) is 18.0 Å². The number of anilines is 2. The standard InChI is InChI=1S/C31H31N5O5/c32-19-31(11-3-12-31)20-40-24-7-2-6-23(15-24)22-5-1-4-21(14-22)16-33-13-10-25-17-36(30(38)41-25)27-9-8-26-29(34-27)35-28(37)18-39-26/h1-2,4-9,14-15,25,33H,3,10-13,16-18,20H2,(H,34,35,37)/t25-/m0/s1. The van der Waals surface area contributed by atoms with E-state index in [2.05, 4.69) is 46.0 Å². The molecule has 2 amide bonds. The first kappa shape index (κ1) is 26.6. The van der Waals surface area contributed by atoms with Gasteiger partial charge in [-0.3, -0.25) is 9.69 Å². The number of carbonyl (C=O) groups excluding carboxylic acids is 2. The number of rotatable bonds is 10. The molecule has 41 heavy (non-hydrogen) atoms. The van der Waals surface area contributed by atoms with E-state index in [0.717, 1.165) is 41.7 Å². The van der Waals surface area contributed by atoms with Gasteiger partial charge < -0.3 is 24.8 Å². The fraction of sp³-hybridized carbons (Fsp3) is 0.355. The lowest BCUT2D eigenvalue weighted by molar-refractivity contribution is -0.118. The highest BCUT2D eigenvalue weighted by atomic mass is 16.6. The maximum absolute atomic E-state index is 12.5. The fourth-order valence-corrected chi connectivity index (χ4v) is 5.20. The van der Waals surface area contributed by atoms with E-state index in [1.807, 2.05) is 24.3 Å². The molecule has 10 heteroatoms. The van der Waals surface area contributed by atoms with Gasteiger partial charge in [0, 0.05) is 6.54 Å². The highest BCUT2D eigenvalue weighted by Crippen LogP contribution is 2.40. The van der Waals surface area contributed by atoms with Gasteiger partial charge in [-0.1, -0.05) is 36.8 Å². The summed E-state index contributed by atoms with van der Waals surface area (Å²) in [7, 11) is 0. The zero-order chi connectivity index (χ0) is 28.2. The summed E-state index contributed by atoms with van der Waals surface area (Å²) in [6, 6.07) is 22.1. The molecule has 0 spiro atoms. The number of hydrogen-bond donors (Lipinski definition) is 2. The summed E-state index contributed by atoms with van der Waals surface area (Å²) in [5.41, 5.74) is 2.96. The first-order valence-corrected chi connectivity index (χ1v) is 13.9. The number of carbonyl (C=O) groups is 2. The topological polar surface area (TPSA) is 126 Å². The molecule has 10 nitrogen and oxygen atoms in total. The number of nitriles is 1. The van der Waals surface area contributed by atoms with Gasteiger partial charge in [-0.05, 0) is 72.8 Å². The van der Waals surface area contributed by atoms with Crippen molar-refractivity contribution in [1.82, 2.24) is 10.3 Å². The third kappa shape index (κ3) is 5.95. The molecular formula is C31H31N5O5. The molecule has 210 valence electrons. The van der Waals surface area contributed by atoms with Crippen LogP contribution in [0.2, 0.25) is 0 Å². The third-order valence-corrected chi connectivity index (χ3v) is 7.74. The van der Waals surface area contributed by atoms with Gasteiger partial charge in [0.2, 0.25) is 0 Å². The lowest BCUT2D eigenvalue weighted by atomic mass is 9.71. The van der Waals surface area contributed by atoms with Crippen LogP contribution in [-0.4, -0.2) is 49.4 Å². The van der Waals surface area contributed by atoms with E-state index in [1.54, 1.807) is 12.1 Å². The predicted molar refractivity (Wildman–Crippen MR) is 152 cm³/mol. The maximum Gasteiger partial charge on any atom is 0.415 e. The molecule has 2 N–H and O–H groups in total. The Hall–Kier alpha value is -4.62. The Labute approximate surface area is 238 Å². The van der Waals surface area contributed by atoms with Gasteiger partial charge in [0.15, 0.2) is 18.2 Å². The second-order valence-electron chi connectivity index (χ2n) is 10.7. The van der Waals surface area contributed by atoms with E-state index < -0.39 is 6.09 Å². The molecule has 0 unspecified atom stereocenters. The van der Waals surface area contributed by atoms with Crippen molar-refractivity contribution in [2.24, 2.45) is 5.41 Å². The van der Waals surface area contributed by atoms with Crippen molar-refractivity contribution >= 4 is 23.6 Å². The average Bonchev–Trinajstić information content (AvgIpc) is 3.35. The molecule has 1 aromatic heterocycles. The second kappa shape index (κ2) is 11.5. The molecule has 0 radical (unpaired) electrons. The van der Waals surface area contributed by atoms with Gasteiger partial charge in [0.25, 0.3) is 5.91 Å². The Morgan fingerprint density at radius 3 is 2.76 bits per heavy atom. The molecule has 2 aromatic carbocycles. The van der Waals surface area contributed by atoms with Crippen molar-refractivity contribution in [3.8, 4) is 28.7 Å².